The van der Waals surface area contributed by atoms with Crippen molar-refractivity contribution < 1.29 is 4.79 Å². The molecule has 1 amide bonds. The average Bonchev–Trinajstić information content (AvgIpc) is 3.21. The lowest BCUT2D eigenvalue weighted by Crippen LogP contribution is -2.13. The van der Waals surface area contributed by atoms with E-state index in [2.05, 4.69) is 25.9 Å². The first-order chi connectivity index (χ1) is 12.0. The van der Waals surface area contributed by atoms with E-state index < -0.39 is 0 Å². The Morgan fingerprint density at radius 3 is 2.60 bits per heavy atom. The van der Waals surface area contributed by atoms with E-state index in [1.54, 1.807) is 16.8 Å². The van der Waals surface area contributed by atoms with Crippen molar-refractivity contribution in [1.29, 1.82) is 0 Å². The molecule has 2 heterocycles. The van der Waals surface area contributed by atoms with E-state index in [4.69, 9.17) is 0 Å². The number of carbonyl (C=O) groups excluding carboxylic acids is 1. The maximum absolute atomic E-state index is 12.7. The molecule has 0 spiro atoms. The Balaban J connectivity index is 1.89. The predicted molar refractivity (Wildman–Crippen MR) is 94.3 cm³/mol. The lowest BCUT2D eigenvalue weighted by atomic mass is 10.1. The van der Waals surface area contributed by atoms with Crippen molar-refractivity contribution in [3.63, 3.8) is 0 Å². The number of aromatic nitrogens is 6. The molecule has 2 aromatic heterocycles. The first kappa shape index (κ1) is 16.8. The number of hydrogen-bond donors (Lipinski definition) is 1. The summed E-state index contributed by atoms with van der Waals surface area (Å²) in [5.41, 5.74) is 3.86. The summed E-state index contributed by atoms with van der Waals surface area (Å²) in [6.45, 7) is 9.25. The van der Waals surface area contributed by atoms with Gasteiger partial charge in [0.1, 0.15) is 0 Å². The molecule has 25 heavy (non-hydrogen) atoms. The molecule has 0 unspecified atom stereocenters. The number of rotatable bonds is 5. The molecule has 0 radical (unpaired) electrons. The number of anilines is 1. The van der Waals surface area contributed by atoms with Crippen molar-refractivity contribution in [3.8, 4) is 11.4 Å². The highest BCUT2D eigenvalue weighted by Gasteiger charge is 2.16. The molecule has 0 fully saturated rings. The third-order valence-electron chi connectivity index (χ3n) is 4.13. The molecule has 0 bridgehead atoms. The summed E-state index contributed by atoms with van der Waals surface area (Å²) >= 11 is 0. The molecule has 8 nitrogen and oxygen atoms in total. The number of nitrogens with one attached hydrogen (secondary N) is 1. The topological polar surface area (TPSA) is 90.5 Å². The van der Waals surface area contributed by atoms with Crippen LogP contribution in [0, 0.1) is 13.8 Å². The van der Waals surface area contributed by atoms with Crippen LogP contribution >= 0.6 is 0 Å². The van der Waals surface area contributed by atoms with Gasteiger partial charge in [-0.1, -0.05) is 12.1 Å². The molecule has 0 saturated heterocycles. The monoisotopic (exact) mass is 339 g/mol. The van der Waals surface area contributed by atoms with Crippen molar-refractivity contribution in [2.24, 2.45) is 0 Å². The van der Waals surface area contributed by atoms with E-state index in [-0.39, 0.29) is 5.91 Å². The van der Waals surface area contributed by atoms with Gasteiger partial charge in [-0.15, -0.1) is 5.10 Å². The number of tetrazole rings is 1. The number of carbonyl (C=O) groups is 1. The lowest BCUT2D eigenvalue weighted by molar-refractivity contribution is 0.102. The van der Waals surface area contributed by atoms with Crippen LogP contribution in [0.15, 0.2) is 24.3 Å². The molecule has 0 aliphatic heterocycles. The van der Waals surface area contributed by atoms with E-state index in [9.17, 15) is 4.79 Å². The van der Waals surface area contributed by atoms with Crippen LogP contribution in [0.25, 0.3) is 11.4 Å². The van der Waals surface area contributed by atoms with E-state index in [0.717, 1.165) is 29.2 Å². The van der Waals surface area contributed by atoms with Gasteiger partial charge in [-0.2, -0.15) is 5.10 Å². The maximum atomic E-state index is 12.7. The largest absolute Gasteiger partial charge is 0.319 e. The van der Waals surface area contributed by atoms with E-state index in [0.29, 0.717) is 17.9 Å². The van der Waals surface area contributed by atoms with Gasteiger partial charge in [0.15, 0.2) is 5.82 Å². The molecule has 0 saturated carbocycles. The van der Waals surface area contributed by atoms with Crippen molar-refractivity contribution >= 4 is 11.6 Å². The molecule has 3 rings (SSSR count). The number of hydrogen-bond acceptors (Lipinski definition) is 5. The quantitative estimate of drug-likeness (QED) is 0.771. The summed E-state index contributed by atoms with van der Waals surface area (Å²) in [6, 6.07) is 7.28. The van der Waals surface area contributed by atoms with E-state index in [1.165, 1.54) is 0 Å². The van der Waals surface area contributed by atoms with Crippen LogP contribution in [-0.2, 0) is 13.1 Å². The fourth-order valence-electron chi connectivity index (χ4n) is 2.80. The Bertz CT molecular complexity index is 910. The highest BCUT2D eigenvalue weighted by molar-refractivity contribution is 6.05. The van der Waals surface area contributed by atoms with Crippen LogP contribution < -0.4 is 5.32 Å². The van der Waals surface area contributed by atoms with Gasteiger partial charge in [0.05, 0.1) is 17.1 Å². The molecule has 3 aromatic rings. The van der Waals surface area contributed by atoms with Crippen LogP contribution in [0.1, 0.15) is 35.6 Å². The van der Waals surface area contributed by atoms with Crippen LogP contribution in [-0.4, -0.2) is 35.9 Å². The van der Waals surface area contributed by atoms with Crippen molar-refractivity contribution in [2.75, 3.05) is 5.32 Å². The average molecular weight is 339 g/mol. The fraction of sp³-hybridized carbons (Fsp3) is 0.353. The minimum Gasteiger partial charge on any atom is -0.319 e. The minimum absolute atomic E-state index is 0.181. The van der Waals surface area contributed by atoms with Crippen molar-refractivity contribution in [2.45, 2.75) is 40.8 Å². The standard InChI is InChI=1S/C17H21N7O/c1-5-23-12(4)15(11(3)20-23)18-17(25)14-9-7-8-13(10-14)16-19-21-22-24(16)6-2/h7-10H,5-6H2,1-4H3,(H,18,25). The molecule has 0 aliphatic rings. The van der Waals surface area contributed by atoms with Crippen LogP contribution in [0.3, 0.4) is 0 Å². The normalized spacial score (nSPS) is 10.9. The number of aryl methyl sites for hydroxylation is 3. The number of nitrogens with zero attached hydrogens (tertiary/aromatic N) is 6. The summed E-state index contributed by atoms with van der Waals surface area (Å²) in [7, 11) is 0. The summed E-state index contributed by atoms with van der Waals surface area (Å²) in [6.07, 6.45) is 0. The summed E-state index contributed by atoms with van der Waals surface area (Å²) in [4.78, 5) is 12.7. The zero-order valence-corrected chi connectivity index (χ0v) is 14.8. The Morgan fingerprint density at radius 1 is 1.16 bits per heavy atom. The molecular formula is C17H21N7O. The summed E-state index contributed by atoms with van der Waals surface area (Å²) in [5.74, 6) is 0.461. The Kier molecular flexibility index (Phi) is 4.60. The third-order valence-corrected chi connectivity index (χ3v) is 4.13. The molecule has 130 valence electrons. The van der Waals surface area contributed by atoms with Crippen LogP contribution in [0.4, 0.5) is 5.69 Å². The van der Waals surface area contributed by atoms with Crippen LogP contribution in [0.2, 0.25) is 0 Å². The Morgan fingerprint density at radius 2 is 1.92 bits per heavy atom. The Labute approximate surface area is 145 Å². The molecule has 1 N–H and O–H groups in total. The molecular weight excluding hydrogens is 318 g/mol. The second-order valence-electron chi connectivity index (χ2n) is 5.71. The minimum atomic E-state index is -0.181. The third kappa shape index (κ3) is 3.15. The SMILES string of the molecule is CCn1nnnc1-c1cccc(C(=O)Nc2c(C)nn(CC)c2C)c1. The second-order valence-corrected chi connectivity index (χ2v) is 5.71. The highest BCUT2D eigenvalue weighted by atomic mass is 16.1. The van der Waals surface area contributed by atoms with Crippen molar-refractivity contribution in [1.82, 2.24) is 30.0 Å². The van der Waals surface area contributed by atoms with E-state index in [1.807, 2.05) is 44.5 Å². The zero-order valence-electron chi connectivity index (χ0n) is 14.8. The van der Waals surface area contributed by atoms with Gasteiger partial charge in [0, 0.05) is 24.2 Å². The number of benzene rings is 1. The highest BCUT2D eigenvalue weighted by Crippen LogP contribution is 2.22. The molecule has 0 atom stereocenters. The fourth-order valence-corrected chi connectivity index (χ4v) is 2.80. The summed E-state index contributed by atoms with van der Waals surface area (Å²) < 4.78 is 3.56. The van der Waals surface area contributed by atoms with Gasteiger partial charge in [0.2, 0.25) is 0 Å². The summed E-state index contributed by atoms with van der Waals surface area (Å²) in [5, 5.41) is 19.1. The van der Waals surface area contributed by atoms with Crippen LogP contribution in [0.5, 0.6) is 0 Å². The predicted octanol–water partition coefficient (Wildman–Crippen LogP) is 2.45. The zero-order chi connectivity index (χ0) is 18.0. The van der Waals surface area contributed by atoms with E-state index >= 15 is 0 Å². The van der Waals surface area contributed by atoms with Gasteiger partial charge < -0.3 is 5.32 Å². The molecule has 1 aromatic carbocycles. The van der Waals surface area contributed by atoms with Gasteiger partial charge in [-0.05, 0) is 50.3 Å². The van der Waals surface area contributed by atoms with Gasteiger partial charge in [-0.25, -0.2) is 4.68 Å². The number of amides is 1. The lowest BCUT2D eigenvalue weighted by Gasteiger charge is -2.08. The smallest absolute Gasteiger partial charge is 0.255 e. The second kappa shape index (κ2) is 6.84. The maximum Gasteiger partial charge on any atom is 0.255 e. The van der Waals surface area contributed by atoms with Gasteiger partial charge in [0.25, 0.3) is 5.91 Å². The molecule has 0 aliphatic carbocycles. The van der Waals surface area contributed by atoms with Gasteiger partial charge >= 0.3 is 0 Å². The molecule has 8 heteroatoms. The first-order valence-corrected chi connectivity index (χ1v) is 8.27. The van der Waals surface area contributed by atoms with Gasteiger partial charge in [-0.3, -0.25) is 9.48 Å². The first-order valence-electron chi connectivity index (χ1n) is 8.27. The van der Waals surface area contributed by atoms with Crippen molar-refractivity contribution in [3.05, 3.63) is 41.2 Å². The Hall–Kier alpha value is -3.03.